The standard InChI is InChI=1S/C18H15N3O/c1-12-17(15-8-3-4-9-16(15)21(12)2)18(22)20-14-7-5-6-13(10-14)11-19/h3-10H,1-2H3,(H,20,22). The summed E-state index contributed by atoms with van der Waals surface area (Å²) in [6.07, 6.45) is 0. The van der Waals surface area contributed by atoms with Crippen molar-refractivity contribution in [3.63, 3.8) is 0 Å². The number of para-hydroxylation sites is 1. The van der Waals surface area contributed by atoms with E-state index in [1.165, 1.54) is 0 Å². The summed E-state index contributed by atoms with van der Waals surface area (Å²) in [6, 6.07) is 16.8. The fourth-order valence-electron chi connectivity index (χ4n) is 2.67. The molecule has 0 aliphatic heterocycles. The Balaban J connectivity index is 2.03. The van der Waals surface area contributed by atoms with Gasteiger partial charge in [-0.1, -0.05) is 24.3 Å². The molecule has 1 N–H and O–H groups in total. The SMILES string of the molecule is Cc1c(C(=O)Nc2cccc(C#N)c2)c2ccccc2n1C. The minimum absolute atomic E-state index is 0.163. The second kappa shape index (κ2) is 5.38. The third-order valence-corrected chi connectivity index (χ3v) is 3.88. The van der Waals surface area contributed by atoms with Gasteiger partial charge in [0.2, 0.25) is 0 Å². The summed E-state index contributed by atoms with van der Waals surface area (Å²) in [5.74, 6) is -0.163. The van der Waals surface area contributed by atoms with Crippen LogP contribution < -0.4 is 5.32 Å². The predicted molar refractivity (Wildman–Crippen MR) is 86.8 cm³/mol. The molecule has 108 valence electrons. The van der Waals surface area contributed by atoms with Crippen molar-refractivity contribution in [2.24, 2.45) is 7.05 Å². The molecule has 0 aliphatic rings. The summed E-state index contributed by atoms with van der Waals surface area (Å²) < 4.78 is 2.01. The van der Waals surface area contributed by atoms with Gasteiger partial charge in [-0.15, -0.1) is 0 Å². The van der Waals surface area contributed by atoms with E-state index in [0.717, 1.165) is 16.6 Å². The summed E-state index contributed by atoms with van der Waals surface area (Å²) in [5, 5.41) is 12.7. The van der Waals surface area contributed by atoms with Gasteiger partial charge >= 0.3 is 0 Å². The molecule has 0 spiro atoms. The van der Waals surface area contributed by atoms with E-state index < -0.39 is 0 Å². The van der Waals surface area contributed by atoms with E-state index in [9.17, 15) is 4.79 Å². The molecule has 1 amide bonds. The van der Waals surface area contributed by atoms with Gasteiger partial charge in [-0.2, -0.15) is 5.26 Å². The normalized spacial score (nSPS) is 10.4. The van der Waals surface area contributed by atoms with E-state index >= 15 is 0 Å². The monoisotopic (exact) mass is 289 g/mol. The molecule has 0 unspecified atom stereocenters. The molecule has 0 radical (unpaired) electrons. The zero-order valence-corrected chi connectivity index (χ0v) is 12.4. The van der Waals surface area contributed by atoms with Crippen molar-refractivity contribution >= 4 is 22.5 Å². The van der Waals surface area contributed by atoms with Crippen LogP contribution in [-0.4, -0.2) is 10.5 Å². The van der Waals surface area contributed by atoms with E-state index in [-0.39, 0.29) is 5.91 Å². The quantitative estimate of drug-likeness (QED) is 0.783. The largest absolute Gasteiger partial charge is 0.347 e. The van der Waals surface area contributed by atoms with E-state index in [0.29, 0.717) is 16.8 Å². The summed E-state index contributed by atoms with van der Waals surface area (Å²) in [5.41, 5.74) is 3.75. The number of nitriles is 1. The van der Waals surface area contributed by atoms with Gasteiger partial charge in [0, 0.05) is 29.3 Å². The number of carbonyl (C=O) groups is 1. The first-order chi connectivity index (χ1) is 10.6. The lowest BCUT2D eigenvalue weighted by atomic mass is 10.1. The van der Waals surface area contributed by atoms with Crippen LogP contribution in [0.3, 0.4) is 0 Å². The maximum absolute atomic E-state index is 12.7. The van der Waals surface area contributed by atoms with Gasteiger partial charge in [-0.25, -0.2) is 0 Å². The van der Waals surface area contributed by atoms with Gasteiger partial charge in [-0.3, -0.25) is 4.79 Å². The number of hydrogen-bond acceptors (Lipinski definition) is 2. The summed E-state index contributed by atoms with van der Waals surface area (Å²) in [4.78, 5) is 12.7. The number of rotatable bonds is 2. The lowest BCUT2D eigenvalue weighted by Gasteiger charge is -2.06. The molecule has 2 aromatic carbocycles. The van der Waals surface area contributed by atoms with Crippen molar-refractivity contribution in [2.45, 2.75) is 6.92 Å². The van der Waals surface area contributed by atoms with Crippen molar-refractivity contribution in [2.75, 3.05) is 5.32 Å². The van der Waals surface area contributed by atoms with Gasteiger partial charge in [-0.05, 0) is 31.2 Å². The summed E-state index contributed by atoms with van der Waals surface area (Å²) >= 11 is 0. The zero-order chi connectivity index (χ0) is 15.7. The number of amides is 1. The molecule has 0 atom stereocenters. The van der Waals surface area contributed by atoms with Crippen LogP contribution in [0.5, 0.6) is 0 Å². The highest BCUT2D eigenvalue weighted by Crippen LogP contribution is 2.25. The molecule has 1 heterocycles. The van der Waals surface area contributed by atoms with Gasteiger partial charge in [0.15, 0.2) is 0 Å². The first-order valence-electron chi connectivity index (χ1n) is 6.97. The molecule has 1 aromatic heterocycles. The third kappa shape index (κ3) is 2.23. The Bertz CT molecular complexity index is 916. The number of fused-ring (bicyclic) bond motifs is 1. The lowest BCUT2D eigenvalue weighted by molar-refractivity contribution is 0.102. The maximum Gasteiger partial charge on any atom is 0.258 e. The second-order valence-electron chi connectivity index (χ2n) is 5.18. The first-order valence-corrected chi connectivity index (χ1v) is 6.97. The predicted octanol–water partition coefficient (Wildman–Crippen LogP) is 3.61. The highest BCUT2D eigenvalue weighted by molar-refractivity contribution is 6.14. The molecule has 3 aromatic rings. The molecule has 22 heavy (non-hydrogen) atoms. The number of benzene rings is 2. The van der Waals surface area contributed by atoms with Gasteiger partial charge in [0.1, 0.15) is 0 Å². The summed E-state index contributed by atoms with van der Waals surface area (Å²) in [6.45, 7) is 1.93. The van der Waals surface area contributed by atoms with Crippen molar-refractivity contribution in [3.05, 3.63) is 65.4 Å². The number of nitrogens with one attached hydrogen (secondary N) is 1. The molecule has 0 saturated carbocycles. The molecule has 3 rings (SSSR count). The minimum atomic E-state index is -0.163. The average molecular weight is 289 g/mol. The van der Waals surface area contributed by atoms with Crippen LogP contribution in [0.2, 0.25) is 0 Å². The Hall–Kier alpha value is -3.06. The van der Waals surface area contributed by atoms with Crippen LogP contribution >= 0.6 is 0 Å². The van der Waals surface area contributed by atoms with Gasteiger partial charge in [0.05, 0.1) is 17.2 Å². The Labute approximate surface area is 128 Å². The van der Waals surface area contributed by atoms with Crippen molar-refractivity contribution < 1.29 is 4.79 Å². The number of aromatic nitrogens is 1. The number of aryl methyl sites for hydroxylation is 1. The zero-order valence-electron chi connectivity index (χ0n) is 12.4. The number of anilines is 1. The van der Waals surface area contributed by atoms with Crippen molar-refractivity contribution in [3.8, 4) is 6.07 Å². The molecule has 0 aliphatic carbocycles. The highest BCUT2D eigenvalue weighted by Gasteiger charge is 2.18. The Kier molecular flexibility index (Phi) is 3.40. The topological polar surface area (TPSA) is 57.8 Å². The number of carbonyl (C=O) groups excluding carboxylic acids is 1. The molecule has 4 nitrogen and oxygen atoms in total. The van der Waals surface area contributed by atoms with Crippen LogP contribution in [0.4, 0.5) is 5.69 Å². The van der Waals surface area contributed by atoms with Gasteiger partial charge < -0.3 is 9.88 Å². The van der Waals surface area contributed by atoms with Crippen LogP contribution in [0.25, 0.3) is 10.9 Å². The maximum atomic E-state index is 12.7. The average Bonchev–Trinajstić information content (AvgIpc) is 2.79. The third-order valence-electron chi connectivity index (χ3n) is 3.88. The second-order valence-corrected chi connectivity index (χ2v) is 5.18. The first kappa shape index (κ1) is 13.9. The van der Waals surface area contributed by atoms with Gasteiger partial charge in [0.25, 0.3) is 5.91 Å². The van der Waals surface area contributed by atoms with Crippen LogP contribution in [-0.2, 0) is 7.05 Å². The van der Waals surface area contributed by atoms with Crippen molar-refractivity contribution in [1.29, 1.82) is 5.26 Å². The molecule has 0 saturated heterocycles. The molecular formula is C18H15N3O. The van der Waals surface area contributed by atoms with Crippen LogP contribution in [0, 0.1) is 18.3 Å². The van der Waals surface area contributed by atoms with E-state index in [1.807, 2.05) is 42.8 Å². The molecular weight excluding hydrogens is 274 g/mol. The number of hydrogen-bond donors (Lipinski definition) is 1. The van der Waals surface area contributed by atoms with Crippen molar-refractivity contribution in [1.82, 2.24) is 4.57 Å². The van der Waals surface area contributed by atoms with E-state index in [4.69, 9.17) is 5.26 Å². The van der Waals surface area contributed by atoms with Crippen LogP contribution in [0.1, 0.15) is 21.6 Å². The Morgan fingerprint density at radius 2 is 1.95 bits per heavy atom. The van der Waals surface area contributed by atoms with E-state index in [1.54, 1.807) is 24.3 Å². The fourth-order valence-corrected chi connectivity index (χ4v) is 2.67. The van der Waals surface area contributed by atoms with E-state index in [2.05, 4.69) is 11.4 Å². The molecule has 0 bridgehead atoms. The minimum Gasteiger partial charge on any atom is -0.347 e. The molecule has 0 fully saturated rings. The highest BCUT2D eigenvalue weighted by atomic mass is 16.1. The lowest BCUT2D eigenvalue weighted by Crippen LogP contribution is -2.13. The van der Waals surface area contributed by atoms with Crippen LogP contribution in [0.15, 0.2) is 48.5 Å². The molecule has 4 heteroatoms. The smallest absolute Gasteiger partial charge is 0.258 e. The summed E-state index contributed by atoms with van der Waals surface area (Å²) in [7, 11) is 1.95. The Morgan fingerprint density at radius 3 is 2.73 bits per heavy atom. The number of nitrogens with zero attached hydrogens (tertiary/aromatic N) is 2. The fraction of sp³-hybridized carbons (Fsp3) is 0.111. The Morgan fingerprint density at radius 1 is 1.18 bits per heavy atom.